The average Bonchev–Trinajstić information content (AvgIpc) is 2.94. The molecule has 0 radical (unpaired) electrons. The molecule has 4 nitrogen and oxygen atoms in total. The van der Waals surface area contributed by atoms with Gasteiger partial charge in [0.1, 0.15) is 11.9 Å². The number of hydrogen-bond acceptors (Lipinski definition) is 5. The van der Waals surface area contributed by atoms with Gasteiger partial charge in [-0.3, -0.25) is 0 Å². The summed E-state index contributed by atoms with van der Waals surface area (Å²) >= 11 is 0.488. The smallest absolute Gasteiger partial charge is 0.445 e. The van der Waals surface area contributed by atoms with Crippen LogP contribution in [0.1, 0.15) is 23.9 Å². The number of ether oxygens (including phenoxy) is 1. The molecule has 1 heterocycles. The monoisotopic (exact) mass is 331 g/mol. The summed E-state index contributed by atoms with van der Waals surface area (Å²) in [6.45, 7) is 4.25. The Bertz CT molecular complexity index is 615. The van der Waals surface area contributed by atoms with Gasteiger partial charge in [0.15, 0.2) is 0 Å². The van der Waals surface area contributed by atoms with Gasteiger partial charge in [-0.05, 0) is 25.0 Å². The van der Waals surface area contributed by atoms with Crippen LogP contribution in [0.4, 0.5) is 18.3 Å². The third-order valence-corrected chi connectivity index (χ3v) is 3.92. The quantitative estimate of drug-likeness (QED) is 0.864. The third kappa shape index (κ3) is 4.33. The molecule has 1 unspecified atom stereocenters. The molecule has 120 valence electrons. The van der Waals surface area contributed by atoms with Gasteiger partial charge < -0.3 is 10.1 Å². The maximum Gasteiger partial charge on any atom is 0.445 e. The Morgan fingerprint density at radius 1 is 1.27 bits per heavy atom. The number of benzene rings is 1. The molecule has 2 rings (SSSR count). The number of anilines is 1. The minimum absolute atomic E-state index is 0.138. The SMILES string of the molecule is CCC(CNc1nnc(C(F)(F)F)s1)Oc1ccccc1C. The first-order valence-electron chi connectivity index (χ1n) is 6.77. The van der Waals surface area contributed by atoms with Gasteiger partial charge in [0.25, 0.3) is 0 Å². The Morgan fingerprint density at radius 3 is 2.59 bits per heavy atom. The summed E-state index contributed by atoms with van der Waals surface area (Å²) in [6.07, 6.45) is -3.91. The van der Waals surface area contributed by atoms with Crippen LogP contribution in [0.25, 0.3) is 0 Å². The molecule has 0 saturated heterocycles. The normalized spacial score (nSPS) is 13.0. The van der Waals surface area contributed by atoms with E-state index in [1.54, 1.807) is 0 Å². The number of hydrogen-bond donors (Lipinski definition) is 1. The van der Waals surface area contributed by atoms with Crippen molar-refractivity contribution >= 4 is 16.5 Å². The van der Waals surface area contributed by atoms with Crippen molar-refractivity contribution in [2.75, 3.05) is 11.9 Å². The second kappa shape index (κ2) is 6.95. The second-order valence-electron chi connectivity index (χ2n) is 4.70. The number of nitrogens with one attached hydrogen (secondary N) is 1. The third-order valence-electron chi connectivity index (χ3n) is 2.99. The van der Waals surface area contributed by atoms with Crippen LogP contribution < -0.4 is 10.1 Å². The fraction of sp³-hybridized carbons (Fsp3) is 0.429. The van der Waals surface area contributed by atoms with Gasteiger partial charge >= 0.3 is 6.18 Å². The molecular formula is C14H16F3N3OS. The first-order valence-corrected chi connectivity index (χ1v) is 7.58. The Labute approximate surface area is 130 Å². The summed E-state index contributed by atoms with van der Waals surface area (Å²) in [7, 11) is 0. The molecule has 0 aliphatic carbocycles. The zero-order valence-electron chi connectivity index (χ0n) is 12.1. The molecule has 1 aromatic heterocycles. The van der Waals surface area contributed by atoms with Crippen LogP contribution in [0.15, 0.2) is 24.3 Å². The van der Waals surface area contributed by atoms with E-state index in [-0.39, 0.29) is 11.2 Å². The number of aryl methyl sites for hydroxylation is 1. The van der Waals surface area contributed by atoms with Crippen LogP contribution in [0.5, 0.6) is 5.75 Å². The summed E-state index contributed by atoms with van der Waals surface area (Å²) < 4.78 is 43.2. The molecule has 2 aromatic rings. The minimum atomic E-state index is -4.46. The molecule has 1 aromatic carbocycles. The lowest BCUT2D eigenvalue weighted by molar-refractivity contribution is -0.138. The van der Waals surface area contributed by atoms with E-state index in [2.05, 4.69) is 15.5 Å². The topological polar surface area (TPSA) is 47.0 Å². The van der Waals surface area contributed by atoms with Crippen molar-refractivity contribution in [2.45, 2.75) is 32.5 Å². The molecular weight excluding hydrogens is 315 g/mol. The predicted octanol–water partition coefficient (Wildman–Crippen LogP) is 4.13. The molecule has 8 heteroatoms. The number of para-hydroxylation sites is 1. The lowest BCUT2D eigenvalue weighted by Gasteiger charge is -2.19. The molecule has 0 spiro atoms. The van der Waals surface area contributed by atoms with E-state index in [0.29, 0.717) is 24.3 Å². The van der Waals surface area contributed by atoms with Gasteiger partial charge in [0, 0.05) is 0 Å². The van der Waals surface area contributed by atoms with E-state index < -0.39 is 11.2 Å². The Kier molecular flexibility index (Phi) is 5.23. The van der Waals surface area contributed by atoms with Gasteiger partial charge in [-0.15, -0.1) is 10.2 Å². The number of rotatable bonds is 6. The van der Waals surface area contributed by atoms with E-state index in [0.717, 1.165) is 11.3 Å². The Hall–Kier alpha value is -1.83. The van der Waals surface area contributed by atoms with Gasteiger partial charge in [-0.25, -0.2) is 0 Å². The highest BCUT2D eigenvalue weighted by molar-refractivity contribution is 7.15. The van der Waals surface area contributed by atoms with Crippen molar-refractivity contribution in [2.24, 2.45) is 0 Å². The van der Waals surface area contributed by atoms with Crippen molar-refractivity contribution < 1.29 is 17.9 Å². The van der Waals surface area contributed by atoms with Crippen LogP contribution in [-0.2, 0) is 6.18 Å². The molecule has 22 heavy (non-hydrogen) atoms. The summed E-state index contributed by atoms with van der Waals surface area (Å²) in [4.78, 5) is 0. The number of alkyl halides is 3. The van der Waals surface area contributed by atoms with E-state index in [1.807, 2.05) is 38.1 Å². The van der Waals surface area contributed by atoms with Crippen LogP contribution in [0, 0.1) is 6.92 Å². The van der Waals surface area contributed by atoms with Gasteiger partial charge in [-0.1, -0.05) is 36.5 Å². The highest BCUT2D eigenvalue weighted by Gasteiger charge is 2.35. The molecule has 0 aliphatic heterocycles. The lowest BCUT2D eigenvalue weighted by atomic mass is 10.2. The summed E-state index contributed by atoms with van der Waals surface area (Å²) in [6, 6.07) is 7.60. The van der Waals surface area contributed by atoms with Gasteiger partial charge in [0.2, 0.25) is 10.1 Å². The Morgan fingerprint density at radius 2 is 2.00 bits per heavy atom. The van der Waals surface area contributed by atoms with E-state index in [9.17, 15) is 13.2 Å². The van der Waals surface area contributed by atoms with E-state index in [4.69, 9.17) is 4.74 Å². The van der Waals surface area contributed by atoms with Crippen LogP contribution in [0.2, 0.25) is 0 Å². The van der Waals surface area contributed by atoms with Gasteiger partial charge in [-0.2, -0.15) is 13.2 Å². The van der Waals surface area contributed by atoms with Crippen molar-refractivity contribution in [3.05, 3.63) is 34.8 Å². The highest BCUT2D eigenvalue weighted by atomic mass is 32.1. The number of halogens is 3. The van der Waals surface area contributed by atoms with Crippen molar-refractivity contribution in [3.8, 4) is 5.75 Å². The highest BCUT2D eigenvalue weighted by Crippen LogP contribution is 2.33. The molecule has 1 N–H and O–H groups in total. The fourth-order valence-electron chi connectivity index (χ4n) is 1.75. The van der Waals surface area contributed by atoms with Crippen molar-refractivity contribution in [1.82, 2.24) is 10.2 Å². The second-order valence-corrected chi connectivity index (χ2v) is 5.68. The molecule has 0 bridgehead atoms. The number of aromatic nitrogens is 2. The predicted molar refractivity (Wildman–Crippen MR) is 79.3 cm³/mol. The number of nitrogens with zero attached hydrogens (tertiary/aromatic N) is 2. The molecule has 0 fully saturated rings. The van der Waals surface area contributed by atoms with Gasteiger partial charge in [0.05, 0.1) is 6.54 Å². The zero-order valence-corrected chi connectivity index (χ0v) is 13.0. The summed E-state index contributed by atoms with van der Waals surface area (Å²) in [5.74, 6) is 0.768. The summed E-state index contributed by atoms with van der Waals surface area (Å²) in [5, 5.41) is 8.66. The molecule has 1 atom stereocenters. The summed E-state index contributed by atoms with van der Waals surface area (Å²) in [5.41, 5.74) is 1.01. The van der Waals surface area contributed by atoms with E-state index in [1.165, 1.54) is 0 Å². The maximum atomic E-state index is 12.5. The van der Waals surface area contributed by atoms with Crippen molar-refractivity contribution in [3.63, 3.8) is 0 Å². The zero-order chi connectivity index (χ0) is 16.2. The first-order chi connectivity index (χ1) is 10.4. The first kappa shape index (κ1) is 16.5. The van der Waals surface area contributed by atoms with Crippen molar-refractivity contribution in [1.29, 1.82) is 0 Å². The largest absolute Gasteiger partial charge is 0.488 e. The maximum absolute atomic E-state index is 12.5. The molecule has 0 amide bonds. The Balaban J connectivity index is 1.94. The molecule has 0 saturated carbocycles. The lowest BCUT2D eigenvalue weighted by Crippen LogP contribution is -2.25. The molecule has 0 aliphatic rings. The fourth-order valence-corrected chi connectivity index (χ4v) is 2.37. The standard InChI is InChI=1S/C14H16F3N3OS/c1-3-10(21-11-7-5-4-6-9(11)2)8-18-13-20-19-12(22-13)14(15,16)17/h4-7,10H,3,8H2,1-2H3,(H,18,20). The minimum Gasteiger partial charge on any atom is -0.488 e. The van der Waals surface area contributed by atoms with Crippen LogP contribution in [-0.4, -0.2) is 22.8 Å². The van der Waals surface area contributed by atoms with Crippen LogP contribution in [0.3, 0.4) is 0 Å². The van der Waals surface area contributed by atoms with Crippen LogP contribution >= 0.6 is 11.3 Å². The van der Waals surface area contributed by atoms with E-state index >= 15 is 0 Å². The average molecular weight is 331 g/mol.